The van der Waals surface area contributed by atoms with Gasteiger partial charge in [0.1, 0.15) is 0 Å². The monoisotopic (exact) mass is 301 g/mol. The summed E-state index contributed by atoms with van der Waals surface area (Å²) in [7, 11) is 0. The number of alkyl halides is 3. The van der Waals surface area contributed by atoms with Crippen LogP contribution in [-0.2, 0) is 6.18 Å². The highest BCUT2D eigenvalue weighted by Gasteiger charge is 2.33. The summed E-state index contributed by atoms with van der Waals surface area (Å²) < 4.78 is 38.7. The highest BCUT2D eigenvalue weighted by Crippen LogP contribution is 2.37. The van der Waals surface area contributed by atoms with Crippen molar-refractivity contribution in [3.05, 3.63) is 52.8 Å². The summed E-state index contributed by atoms with van der Waals surface area (Å²) in [4.78, 5) is 14.3. The van der Waals surface area contributed by atoms with Crippen LogP contribution in [0.5, 0.6) is 0 Å². The number of aromatic nitrogens is 1. The van der Waals surface area contributed by atoms with Crippen LogP contribution in [0.1, 0.15) is 16.1 Å². The molecule has 0 aliphatic heterocycles. The molecule has 0 atom stereocenters. The lowest BCUT2D eigenvalue weighted by Crippen LogP contribution is -2.07. The molecule has 0 aliphatic carbocycles. The van der Waals surface area contributed by atoms with Crippen LogP contribution in [0, 0.1) is 0 Å². The second-order valence-electron chi connectivity index (χ2n) is 3.90. The number of carboxylic acid groups (broad SMARTS) is 1. The minimum atomic E-state index is -4.52. The molecule has 0 fully saturated rings. The second-order valence-corrected chi connectivity index (χ2v) is 4.31. The van der Waals surface area contributed by atoms with Gasteiger partial charge in [0.25, 0.3) is 0 Å². The first kappa shape index (κ1) is 14.3. The average molecular weight is 302 g/mol. The van der Waals surface area contributed by atoms with Gasteiger partial charge in [-0.3, -0.25) is 0 Å². The van der Waals surface area contributed by atoms with Gasteiger partial charge in [-0.1, -0.05) is 29.8 Å². The Morgan fingerprint density at radius 2 is 1.90 bits per heavy atom. The maximum Gasteiger partial charge on any atom is 0.417 e. The van der Waals surface area contributed by atoms with E-state index >= 15 is 0 Å². The minimum absolute atomic E-state index is 0.105. The Hall–Kier alpha value is -2.08. The Bertz CT molecular complexity index is 671. The van der Waals surface area contributed by atoms with E-state index in [-0.39, 0.29) is 16.1 Å². The molecule has 0 amide bonds. The van der Waals surface area contributed by atoms with Gasteiger partial charge in [0, 0.05) is 11.8 Å². The molecule has 7 heteroatoms. The van der Waals surface area contributed by atoms with Gasteiger partial charge in [0.05, 0.1) is 10.6 Å². The molecular weight excluding hydrogens is 295 g/mol. The van der Waals surface area contributed by atoms with Crippen molar-refractivity contribution in [2.45, 2.75) is 6.18 Å². The number of nitrogens with zero attached hydrogens (tertiary/aromatic N) is 1. The molecule has 1 heterocycles. The van der Waals surface area contributed by atoms with Gasteiger partial charge in [-0.2, -0.15) is 13.2 Å². The molecule has 1 aromatic heterocycles. The third-order valence-corrected chi connectivity index (χ3v) is 2.88. The molecule has 2 aromatic rings. The summed E-state index contributed by atoms with van der Waals surface area (Å²) >= 11 is 5.72. The van der Waals surface area contributed by atoms with Crippen molar-refractivity contribution in [3.63, 3.8) is 0 Å². The highest BCUT2D eigenvalue weighted by molar-refractivity contribution is 6.33. The van der Waals surface area contributed by atoms with E-state index in [1.165, 1.54) is 18.2 Å². The molecule has 3 nitrogen and oxygen atoms in total. The standard InChI is InChI=1S/C13H7ClF3NO2/c14-10-5-7(6-18-11(10)12(19)20)8-3-1-2-4-9(8)13(15,16)17/h1-6H,(H,19,20). The zero-order valence-corrected chi connectivity index (χ0v) is 10.5. The van der Waals surface area contributed by atoms with E-state index in [1.54, 1.807) is 0 Å². The fourth-order valence-corrected chi connectivity index (χ4v) is 1.97. The molecule has 104 valence electrons. The Morgan fingerprint density at radius 1 is 1.25 bits per heavy atom. The van der Waals surface area contributed by atoms with Crippen molar-refractivity contribution in [2.24, 2.45) is 0 Å². The average Bonchev–Trinajstić information content (AvgIpc) is 2.37. The van der Waals surface area contributed by atoms with E-state index in [1.807, 2.05) is 0 Å². The SMILES string of the molecule is O=C(O)c1ncc(-c2ccccc2C(F)(F)F)cc1Cl. The number of halogens is 4. The Morgan fingerprint density at radius 3 is 2.45 bits per heavy atom. The van der Waals surface area contributed by atoms with E-state index in [0.29, 0.717) is 0 Å². The van der Waals surface area contributed by atoms with Crippen LogP contribution in [0.25, 0.3) is 11.1 Å². The van der Waals surface area contributed by atoms with E-state index in [9.17, 15) is 18.0 Å². The molecule has 0 saturated carbocycles. The quantitative estimate of drug-likeness (QED) is 0.907. The maximum atomic E-state index is 12.9. The minimum Gasteiger partial charge on any atom is -0.476 e. The molecule has 0 saturated heterocycles. The van der Waals surface area contributed by atoms with Gasteiger partial charge in [0.2, 0.25) is 0 Å². The number of hydrogen-bond donors (Lipinski definition) is 1. The smallest absolute Gasteiger partial charge is 0.417 e. The number of rotatable bonds is 2. The summed E-state index contributed by atoms with van der Waals surface area (Å²) in [5, 5.41) is 8.57. The van der Waals surface area contributed by atoms with Crippen LogP contribution in [0.2, 0.25) is 5.02 Å². The molecular formula is C13H7ClF3NO2. The topological polar surface area (TPSA) is 50.2 Å². The van der Waals surface area contributed by atoms with Gasteiger partial charge in [-0.15, -0.1) is 0 Å². The summed E-state index contributed by atoms with van der Waals surface area (Å²) in [5.41, 5.74) is -1.24. The van der Waals surface area contributed by atoms with E-state index < -0.39 is 23.4 Å². The largest absolute Gasteiger partial charge is 0.476 e. The van der Waals surface area contributed by atoms with E-state index in [4.69, 9.17) is 16.7 Å². The number of carbonyl (C=O) groups is 1. The van der Waals surface area contributed by atoms with Crippen molar-refractivity contribution in [1.82, 2.24) is 4.98 Å². The first-order valence-corrected chi connectivity index (χ1v) is 5.74. The fourth-order valence-electron chi connectivity index (χ4n) is 1.72. The maximum absolute atomic E-state index is 12.9. The molecule has 0 radical (unpaired) electrons. The van der Waals surface area contributed by atoms with Gasteiger partial charge in [0.15, 0.2) is 5.69 Å². The first-order chi connectivity index (χ1) is 9.30. The summed E-state index contributed by atoms with van der Waals surface area (Å²) in [5.74, 6) is -1.34. The lowest BCUT2D eigenvalue weighted by Gasteiger charge is -2.13. The summed E-state index contributed by atoms with van der Waals surface area (Å²) in [6.07, 6.45) is -3.46. The van der Waals surface area contributed by atoms with Crippen molar-refractivity contribution in [1.29, 1.82) is 0 Å². The Balaban J connectivity index is 2.59. The lowest BCUT2D eigenvalue weighted by atomic mass is 10.0. The Kier molecular flexibility index (Phi) is 3.67. The van der Waals surface area contributed by atoms with Gasteiger partial charge < -0.3 is 5.11 Å². The van der Waals surface area contributed by atoms with Gasteiger partial charge >= 0.3 is 12.1 Å². The number of aromatic carboxylic acids is 1. The van der Waals surface area contributed by atoms with Crippen LogP contribution < -0.4 is 0 Å². The summed E-state index contributed by atoms with van der Waals surface area (Å²) in [6, 6.07) is 6.09. The van der Waals surface area contributed by atoms with Crippen LogP contribution in [-0.4, -0.2) is 16.1 Å². The van der Waals surface area contributed by atoms with Crippen molar-refractivity contribution in [2.75, 3.05) is 0 Å². The third kappa shape index (κ3) is 2.75. The normalized spacial score (nSPS) is 11.4. The molecule has 20 heavy (non-hydrogen) atoms. The molecule has 0 unspecified atom stereocenters. The van der Waals surface area contributed by atoms with Crippen LogP contribution in [0.4, 0.5) is 13.2 Å². The van der Waals surface area contributed by atoms with Crippen LogP contribution in [0.3, 0.4) is 0 Å². The van der Waals surface area contributed by atoms with E-state index in [0.717, 1.165) is 18.3 Å². The predicted molar refractivity (Wildman–Crippen MR) is 66.6 cm³/mol. The molecule has 0 spiro atoms. The van der Waals surface area contributed by atoms with Crippen LogP contribution >= 0.6 is 11.6 Å². The van der Waals surface area contributed by atoms with Crippen molar-refractivity contribution >= 4 is 17.6 Å². The predicted octanol–water partition coefficient (Wildman–Crippen LogP) is 4.12. The lowest BCUT2D eigenvalue weighted by molar-refractivity contribution is -0.137. The van der Waals surface area contributed by atoms with Gasteiger partial charge in [-0.25, -0.2) is 9.78 Å². The van der Waals surface area contributed by atoms with E-state index in [2.05, 4.69) is 4.98 Å². The van der Waals surface area contributed by atoms with Crippen molar-refractivity contribution < 1.29 is 23.1 Å². The molecule has 0 bridgehead atoms. The molecule has 1 N–H and O–H groups in total. The first-order valence-electron chi connectivity index (χ1n) is 5.36. The van der Waals surface area contributed by atoms with Crippen molar-refractivity contribution in [3.8, 4) is 11.1 Å². The number of benzene rings is 1. The molecule has 2 rings (SSSR count). The molecule has 0 aliphatic rings. The van der Waals surface area contributed by atoms with Crippen LogP contribution in [0.15, 0.2) is 36.5 Å². The van der Waals surface area contributed by atoms with Gasteiger partial charge in [-0.05, 0) is 17.7 Å². The fraction of sp³-hybridized carbons (Fsp3) is 0.0769. The number of hydrogen-bond acceptors (Lipinski definition) is 2. The zero-order valence-electron chi connectivity index (χ0n) is 9.78. The number of carboxylic acids is 1. The molecule has 1 aromatic carbocycles. The summed E-state index contributed by atoms with van der Waals surface area (Å²) in [6.45, 7) is 0. The third-order valence-electron chi connectivity index (χ3n) is 2.59. The Labute approximate surface area is 116 Å². The number of pyridine rings is 1. The second kappa shape index (κ2) is 5.13. The highest BCUT2D eigenvalue weighted by atomic mass is 35.5. The zero-order chi connectivity index (χ0) is 14.9.